The van der Waals surface area contributed by atoms with E-state index in [4.69, 9.17) is 18.0 Å². The van der Waals surface area contributed by atoms with Crippen molar-refractivity contribution in [2.75, 3.05) is 6.54 Å². The van der Waals surface area contributed by atoms with Gasteiger partial charge in [0.25, 0.3) is 0 Å². The van der Waals surface area contributed by atoms with Gasteiger partial charge in [0, 0.05) is 6.04 Å². The molecule has 1 atom stereocenters. The Morgan fingerprint density at radius 3 is 2.62 bits per heavy atom. The van der Waals surface area contributed by atoms with E-state index in [0.717, 1.165) is 12.0 Å². The van der Waals surface area contributed by atoms with Gasteiger partial charge in [-0.1, -0.05) is 36.3 Å². The molecule has 0 N–H and O–H groups in total. The zero-order valence-electron chi connectivity index (χ0n) is 9.19. The number of halogens is 1. The summed E-state index contributed by atoms with van der Waals surface area (Å²) in [6.07, 6.45) is 5.95. The van der Waals surface area contributed by atoms with Gasteiger partial charge in [0.15, 0.2) is 0 Å². The first-order chi connectivity index (χ1) is 7.65. The van der Waals surface area contributed by atoms with Crippen LogP contribution in [0, 0.1) is 12.3 Å². The first-order valence-electron chi connectivity index (χ1n) is 5.08. The molecule has 2 nitrogen and oxygen atoms in total. The summed E-state index contributed by atoms with van der Waals surface area (Å²) in [6.45, 7) is 2.18. The van der Waals surface area contributed by atoms with Crippen molar-refractivity contribution < 1.29 is 4.79 Å². The minimum Gasteiger partial charge on any atom is -0.315 e. The standard InChI is InChI=1S/C13H14ClNO/c1-3-9-15(13(14)16)11(2)10-12-7-5-4-6-8-12/h1,4-8,11H,9-10H2,2H3/t11-/m0/s1. The fourth-order valence-corrected chi connectivity index (χ4v) is 1.78. The molecule has 1 aromatic carbocycles. The third kappa shape index (κ3) is 3.60. The Morgan fingerprint density at radius 2 is 2.12 bits per heavy atom. The third-order valence-electron chi connectivity index (χ3n) is 2.39. The number of amides is 1. The zero-order valence-corrected chi connectivity index (χ0v) is 9.95. The predicted molar refractivity (Wildman–Crippen MR) is 66.4 cm³/mol. The van der Waals surface area contributed by atoms with Gasteiger partial charge in [-0.2, -0.15) is 0 Å². The molecule has 0 heterocycles. The van der Waals surface area contributed by atoms with Gasteiger partial charge in [-0.05, 0) is 30.5 Å². The normalized spacial score (nSPS) is 11.6. The largest absolute Gasteiger partial charge is 0.317 e. The van der Waals surface area contributed by atoms with Crippen molar-refractivity contribution in [1.29, 1.82) is 0 Å². The Kier molecular flexibility index (Phi) is 4.88. The lowest BCUT2D eigenvalue weighted by Crippen LogP contribution is -2.36. The molecule has 0 aromatic heterocycles. The van der Waals surface area contributed by atoms with Crippen LogP contribution in [0.1, 0.15) is 12.5 Å². The van der Waals surface area contributed by atoms with Crippen molar-refractivity contribution in [3.05, 3.63) is 35.9 Å². The van der Waals surface area contributed by atoms with Crippen molar-refractivity contribution in [2.24, 2.45) is 0 Å². The molecule has 0 saturated carbocycles. The van der Waals surface area contributed by atoms with Crippen LogP contribution in [0.4, 0.5) is 4.79 Å². The lowest BCUT2D eigenvalue weighted by molar-refractivity contribution is 0.211. The number of carbonyl (C=O) groups excluding carboxylic acids is 1. The Morgan fingerprint density at radius 1 is 1.50 bits per heavy atom. The molecular formula is C13H14ClNO. The van der Waals surface area contributed by atoms with E-state index < -0.39 is 5.37 Å². The van der Waals surface area contributed by atoms with Crippen molar-refractivity contribution >= 4 is 17.0 Å². The molecule has 0 aliphatic rings. The Hall–Kier alpha value is -1.46. The van der Waals surface area contributed by atoms with E-state index in [2.05, 4.69) is 5.92 Å². The Bertz CT molecular complexity index is 383. The van der Waals surface area contributed by atoms with Gasteiger partial charge in [0.2, 0.25) is 0 Å². The van der Waals surface area contributed by atoms with Gasteiger partial charge >= 0.3 is 5.37 Å². The summed E-state index contributed by atoms with van der Waals surface area (Å²) in [7, 11) is 0. The summed E-state index contributed by atoms with van der Waals surface area (Å²) >= 11 is 5.48. The summed E-state index contributed by atoms with van der Waals surface area (Å²) in [5.74, 6) is 2.44. The van der Waals surface area contributed by atoms with E-state index in [0.29, 0.717) is 0 Å². The quantitative estimate of drug-likeness (QED) is 0.447. The summed E-state index contributed by atoms with van der Waals surface area (Å²) in [4.78, 5) is 12.6. The highest BCUT2D eigenvalue weighted by Gasteiger charge is 2.17. The molecule has 0 bridgehead atoms. The maximum atomic E-state index is 11.2. The molecule has 0 fully saturated rings. The second-order valence-electron chi connectivity index (χ2n) is 3.62. The molecular weight excluding hydrogens is 222 g/mol. The van der Waals surface area contributed by atoms with E-state index in [1.165, 1.54) is 4.90 Å². The van der Waals surface area contributed by atoms with Gasteiger partial charge < -0.3 is 4.90 Å². The van der Waals surface area contributed by atoms with E-state index >= 15 is 0 Å². The molecule has 1 rings (SSSR count). The number of carbonyl (C=O) groups is 1. The van der Waals surface area contributed by atoms with Crippen LogP contribution in [-0.2, 0) is 6.42 Å². The molecule has 0 aliphatic heterocycles. The average Bonchev–Trinajstić information content (AvgIpc) is 2.26. The highest BCUT2D eigenvalue weighted by molar-refractivity contribution is 6.62. The number of hydrogen-bond acceptors (Lipinski definition) is 1. The molecule has 84 valence electrons. The first kappa shape index (κ1) is 12.6. The van der Waals surface area contributed by atoms with Crippen LogP contribution >= 0.6 is 11.6 Å². The fourth-order valence-electron chi connectivity index (χ4n) is 1.56. The SMILES string of the molecule is C#CCN(C(=O)Cl)[C@@H](C)Cc1ccccc1. The van der Waals surface area contributed by atoms with Crippen LogP contribution in [0.15, 0.2) is 30.3 Å². The van der Waals surface area contributed by atoms with Crippen LogP contribution < -0.4 is 0 Å². The second-order valence-corrected chi connectivity index (χ2v) is 3.95. The molecule has 1 aromatic rings. The maximum absolute atomic E-state index is 11.2. The molecule has 0 aliphatic carbocycles. The Labute approximate surface area is 101 Å². The highest BCUT2D eigenvalue weighted by Crippen LogP contribution is 2.10. The molecule has 0 saturated heterocycles. The van der Waals surface area contributed by atoms with Gasteiger partial charge in [-0.3, -0.25) is 4.79 Å². The van der Waals surface area contributed by atoms with Crippen LogP contribution in [-0.4, -0.2) is 22.9 Å². The van der Waals surface area contributed by atoms with Crippen LogP contribution in [0.5, 0.6) is 0 Å². The molecule has 16 heavy (non-hydrogen) atoms. The number of terminal acetylenes is 1. The molecule has 1 amide bonds. The number of nitrogens with zero attached hydrogens (tertiary/aromatic N) is 1. The van der Waals surface area contributed by atoms with E-state index in [1.54, 1.807) is 0 Å². The van der Waals surface area contributed by atoms with E-state index in [1.807, 2.05) is 37.3 Å². The lowest BCUT2D eigenvalue weighted by Gasteiger charge is -2.24. The lowest BCUT2D eigenvalue weighted by atomic mass is 10.1. The summed E-state index contributed by atoms with van der Waals surface area (Å²) in [5, 5.41) is -0.499. The molecule has 3 heteroatoms. The average molecular weight is 236 g/mol. The molecule has 0 unspecified atom stereocenters. The van der Waals surface area contributed by atoms with Crippen molar-refractivity contribution in [1.82, 2.24) is 4.90 Å². The number of rotatable bonds is 4. The minimum absolute atomic E-state index is 0.00319. The summed E-state index contributed by atoms with van der Waals surface area (Å²) in [5.41, 5.74) is 1.16. The summed E-state index contributed by atoms with van der Waals surface area (Å²) in [6, 6.07) is 9.93. The van der Waals surface area contributed by atoms with E-state index in [9.17, 15) is 4.79 Å². The minimum atomic E-state index is -0.499. The third-order valence-corrected chi connectivity index (χ3v) is 2.61. The van der Waals surface area contributed by atoms with Gasteiger partial charge in [0.05, 0.1) is 6.54 Å². The first-order valence-corrected chi connectivity index (χ1v) is 5.46. The molecule has 0 radical (unpaired) electrons. The van der Waals surface area contributed by atoms with Gasteiger partial charge in [-0.15, -0.1) is 6.42 Å². The van der Waals surface area contributed by atoms with Crippen molar-refractivity contribution in [2.45, 2.75) is 19.4 Å². The zero-order chi connectivity index (χ0) is 12.0. The smallest absolute Gasteiger partial charge is 0.315 e. The van der Waals surface area contributed by atoms with E-state index in [-0.39, 0.29) is 12.6 Å². The monoisotopic (exact) mass is 235 g/mol. The Balaban J connectivity index is 2.66. The number of benzene rings is 1. The summed E-state index contributed by atoms with van der Waals surface area (Å²) < 4.78 is 0. The predicted octanol–water partition coefficient (Wildman–Crippen LogP) is 2.91. The van der Waals surface area contributed by atoms with Crippen molar-refractivity contribution in [3.63, 3.8) is 0 Å². The van der Waals surface area contributed by atoms with Crippen molar-refractivity contribution in [3.8, 4) is 12.3 Å². The van der Waals surface area contributed by atoms with Crippen LogP contribution in [0.25, 0.3) is 0 Å². The van der Waals surface area contributed by atoms with Gasteiger partial charge in [-0.25, -0.2) is 0 Å². The van der Waals surface area contributed by atoms with Gasteiger partial charge in [0.1, 0.15) is 0 Å². The number of hydrogen-bond donors (Lipinski definition) is 0. The second kappa shape index (κ2) is 6.19. The molecule has 0 spiro atoms. The fraction of sp³-hybridized carbons (Fsp3) is 0.308. The maximum Gasteiger partial charge on any atom is 0.317 e. The van der Waals surface area contributed by atoms with Crippen LogP contribution in [0.2, 0.25) is 0 Å². The highest BCUT2D eigenvalue weighted by atomic mass is 35.5. The topological polar surface area (TPSA) is 20.3 Å². The van der Waals surface area contributed by atoms with Crippen LogP contribution in [0.3, 0.4) is 0 Å².